The third kappa shape index (κ3) is 4.12. The highest BCUT2D eigenvalue weighted by Gasteiger charge is 2.62. The van der Waals surface area contributed by atoms with Gasteiger partial charge in [0.15, 0.2) is 5.11 Å². The molecule has 34 heavy (non-hydrogen) atoms. The second-order valence-electron chi connectivity index (χ2n) is 13.1. The average Bonchev–Trinajstić information content (AvgIpc) is 3.11. The van der Waals surface area contributed by atoms with Crippen molar-refractivity contribution in [2.24, 2.45) is 39.9 Å². The van der Waals surface area contributed by atoms with Crippen molar-refractivity contribution < 1.29 is 9.59 Å². The van der Waals surface area contributed by atoms with Crippen molar-refractivity contribution >= 4 is 29.1 Å². The van der Waals surface area contributed by atoms with Gasteiger partial charge in [-0.2, -0.15) is 0 Å². The first-order valence-corrected chi connectivity index (χ1v) is 13.8. The van der Waals surface area contributed by atoms with E-state index in [0.29, 0.717) is 35.5 Å². The normalized spacial score (nSPS) is 39.2. The van der Waals surface area contributed by atoms with E-state index in [1.165, 1.54) is 6.42 Å². The number of likely N-dealkylation sites (N-methyl/N-ethyl adjacent to an activating group) is 1. The topological polar surface area (TPSA) is 52.7 Å². The summed E-state index contributed by atoms with van der Waals surface area (Å²) >= 11 is 5.68. The van der Waals surface area contributed by atoms with Gasteiger partial charge in [0.05, 0.1) is 0 Å². The fourth-order valence-electron chi connectivity index (χ4n) is 8.30. The molecule has 1 aliphatic heterocycles. The lowest BCUT2D eigenvalue weighted by Crippen LogP contribution is -2.60. The minimum atomic E-state index is -0.0184. The fourth-order valence-corrected chi connectivity index (χ4v) is 8.60. The van der Waals surface area contributed by atoms with Gasteiger partial charge < -0.3 is 10.2 Å². The molecule has 0 aromatic rings. The molecule has 6 heteroatoms. The Balaban J connectivity index is 1.59. The molecule has 0 bridgehead atoms. The zero-order valence-corrected chi connectivity index (χ0v) is 23.1. The molecule has 3 fully saturated rings. The number of hydrogen-bond donors (Lipinski definition) is 1. The van der Waals surface area contributed by atoms with Gasteiger partial charge in [-0.15, -0.1) is 0 Å². The molecule has 7 atom stereocenters. The summed E-state index contributed by atoms with van der Waals surface area (Å²) in [6.07, 6.45) is 10.6. The maximum atomic E-state index is 14.1. The van der Waals surface area contributed by atoms with E-state index in [9.17, 15) is 9.59 Å². The summed E-state index contributed by atoms with van der Waals surface area (Å²) in [6.45, 7) is 14.7. The first-order chi connectivity index (χ1) is 15.8. The van der Waals surface area contributed by atoms with Crippen LogP contribution in [-0.2, 0) is 9.59 Å². The number of amides is 2. The fraction of sp³-hybridized carbons (Fsp3) is 0.821. The van der Waals surface area contributed by atoms with Crippen molar-refractivity contribution in [2.75, 3.05) is 20.1 Å². The Morgan fingerprint density at radius 2 is 1.88 bits per heavy atom. The standard InChI is InChI=1S/C28H45N3O2S/c1-8-29-25(34)31(17-26(2,3)4)24(33)21-11-10-19-18-9-12-22-28(6,16-14-23(32)30(22)7)20(18)13-15-27(19,21)5/h14,16,18-22H,8-13,15,17H2,1-7H3,(H,29,34)/t18-,19-,20-,21+,22+,27-,28+/m0/s1. The molecule has 2 amide bonds. The molecule has 4 rings (SSSR count). The highest BCUT2D eigenvalue weighted by molar-refractivity contribution is 7.80. The largest absolute Gasteiger partial charge is 0.362 e. The SMILES string of the molecule is CCNC(=S)N(CC(C)(C)C)C(=O)[C@H]1CC[C@H]2[C@@H]3CC[C@H]4N(C)C(=O)C=C[C@]4(C)[C@H]3CC[C@]12C. The van der Waals surface area contributed by atoms with Crippen LogP contribution in [-0.4, -0.2) is 52.9 Å². The molecular weight excluding hydrogens is 442 g/mol. The first-order valence-electron chi connectivity index (χ1n) is 13.4. The highest BCUT2D eigenvalue weighted by Crippen LogP contribution is 2.65. The second kappa shape index (κ2) is 8.90. The van der Waals surface area contributed by atoms with Crippen LogP contribution in [0.5, 0.6) is 0 Å². The number of nitrogens with one attached hydrogen (secondary N) is 1. The summed E-state index contributed by atoms with van der Waals surface area (Å²) in [7, 11) is 1.98. The molecule has 0 spiro atoms. The molecule has 3 aliphatic carbocycles. The van der Waals surface area contributed by atoms with E-state index in [1.54, 1.807) is 6.08 Å². The van der Waals surface area contributed by atoms with E-state index < -0.39 is 0 Å². The van der Waals surface area contributed by atoms with Gasteiger partial charge in [-0.25, -0.2) is 0 Å². The second-order valence-corrected chi connectivity index (χ2v) is 13.5. The quantitative estimate of drug-likeness (QED) is 0.569. The molecular formula is C28H45N3O2S. The molecule has 1 heterocycles. The van der Waals surface area contributed by atoms with Crippen LogP contribution < -0.4 is 5.32 Å². The zero-order chi connectivity index (χ0) is 25.1. The van der Waals surface area contributed by atoms with Crippen LogP contribution in [0.15, 0.2) is 12.2 Å². The summed E-state index contributed by atoms with van der Waals surface area (Å²) in [5.74, 6) is 2.18. The van der Waals surface area contributed by atoms with E-state index in [0.717, 1.165) is 38.6 Å². The molecule has 0 saturated heterocycles. The third-order valence-corrected chi connectivity index (χ3v) is 10.3. The predicted molar refractivity (Wildman–Crippen MR) is 141 cm³/mol. The highest BCUT2D eigenvalue weighted by atomic mass is 32.1. The van der Waals surface area contributed by atoms with Gasteiger partial charge in [0.25, 0.3) is 0 Å². The monoisotopic (exact) mass is 487 g/mol. The van der Waals surface area contributed by atoms with Crippen molar-refractivity contribution in [1.82, 2.24) is 15.1 Å². The van der Waals surface area contributed by atoms with Crippen LogP contribution in [0.3, 0.4) is 0 Å². The third-order valence-electron chi connectivity index (χ3n) is 9.90. The van der Waals surface area contributed by atoms with Crippen molar-refractivity contribution in [3.63, 3.8) is 0 Å². The summed E-state index contributed by atoms with van der Waals surface area (Å²) in [6, 6.07) is 0.300. The van der Waals surface area contributed by atoms with Crippen LogP contribution in [0.25, 0.3) is 0 Å². The van der Waals surface area contributed by atoms with Gasteiger partial charge in [0.1, 0.15) is 0 Å². The lowest BCUT2D eigenvalue weighted by atomic mass is 9.47. The molecule has 1 N–H and O–H groups in total. The molecule has 5 nitrogen and oxygen atoms in total. The van der Waals surface area contributed by atoms with Crippen molar-refractivity contribution in [1.29, 1.82) is 0 Å². The van der Waals surface area contributed by atoms with E-state index in [-0.39, 0.29) is 34.0 Å². The number of hydrogen-bond acceptors (Lipinski definition) is 3. The number of nitrogens with zero attached hydrogens (tertiary/aromatic N) is 2. The van der Waals surface area contributed by atoms with E-state index in [1.807, 2.05) is 23.8 Å². The molecule has 190 valence electrons. The Morgan fingerprint density at radius 3 is 2.53 bits per heavy atom. The van der Waals surface area contributed by atoms with Gasteiger partial charge in [-0.1, -0.05) is 40.7 Å². The van der Waals surface area contributed by atoms with Gasteiger partial charge >= 0.3 is 0 Å². The smallest absolute Gasteiger partial charge is 0.246 e. The molecule has 0 aromatic carbocycles. The maximum Gasteiger partial charge on any atom is 0.246 e. The van der Waals surface area contributed by atoms with Crippen molar-refractivity contribution in [3.05, 3.63) is 12.2 Å². The Hall–Kier alpha value is -1.43. The lowest BCUT2D eigenvalue weighted by molar-refractivity contribution is -0.145. The number of fused-ring (bicyclic) bond motifs is 5. The Morgan fingerprint density at radius 1 is 1.18 bits per heavy atom. The molecule has 4 aliphatic rings. The Bertz CT molecular complexity index is 879. The van der Waals surface area contributed by atoms with Gasteiger partial charge in [-0.05, 0) is 92.3 Å². The maximum absolute atomic E-state index is 14.1. The van der Waals surface area contributed by atoms with Crippen LogP contribution >= 0.6 is 12.2 Å². The summed E-state index contributed by atoms with van der Waals surface area (Å²) in [4.78, 5) is 30.3. The molecule has 3 saturated carbocycles. The van der Waals surface area contributed by atoms with Crippen LogP contribution in [0, 0.1) is 39.9 Å². The number of thiocarbonyl (C=S) groups is 1. The van der Waals surface area contributed by atoms with Crippen LogP contribution in [0.1, 0.15) is 80.1 Å². The Labute approximate surface area is 212 Å². The zero-order valence-electron chi connectivity index (χ0n) is 22.3. The van der Waals surface area contributed by atoms with E-state index >= 15 is 0 Å². The van der Waals surface area contributed by atoms with E-state index in [4.69, 9.17) is 12.2 Å². The lowest BCUT2D eigenvalue weighted by Gasteiger charge is -2.60. The van der Waals surface area contributed by atoms with Gasteiger partial charge in [0, 0.05) is 37.5 Å². The summed E-state index contributed by atoms with van der Waals surface area (Å²) < 4.78 is 0. The van der Waals surface area contributed by atoms with Crippen LogP contribution in [0.4, 0.5) is 0 Å². The predicted octanol–water partition coefficient (Wildman–Crippen LogP) is 5.01. The molecule has 0 aromatic heterocycles. The first kappa shape index (κ1) is 25.7. The molecule has 0 unspecified atom stereocenters. The number of carbonyl (C=O) groups excluding carboxylic acids is 2. The van der Waals surface area contributed by atoms with Gasteiger partial charge in [-0.3, -0.25) is 14.5 Å². The number of rotatable bonds is 3. The minimum Gasteiger partial charge on any atom is -0.362 e. The number of carbonyl (C=O) groups is 2. The van der Waals surface area contributed by atoms with Gasteiger partial charge in [0.2, 0.25) is 11.8 Å². The Kier molecular flexibility index (Phi) is 6.72. The minimum absolute atomic E-state index is 0.0184. The van der Waals surface area contributed by atoms with E-state index in [2.05, 4.69) is 46.0 Å². The van der Waals surface area contributed by atoms with Crippen molar-refractivity contribution in [2.45, 2.75) is 86.1 Å². The summed E-state index contributed by atoms with van der Waals surface area (Å²) in [5, 5.41) is 3.82. The average molecular weight is 488 g/mol. The van der Waals surface area contributed by atoms with Crippen LogP contribution in [0.2, 0.25) is 0 Å². The van der Waals surface area contributed by atoms with Crippen molar-refractivity contribution in [3.8, 4) is 0 Å². The molecule has 0 radical (unpaired) electrons. The summed E-state index contributed by atoms with van der Waals surface area (Å²) in [5.41, 5.74) is 0.0505.